The lowest BCUT2D eigenvalue weighted by Gasteiger charge is -2.47. The van der Waals surface area contributed by atoms with E-state index in [-0.39, 0.29) is 18.8 Å². The summed E-state index contributed by atoms with van der Waals surface area (Å²) in [5.41, 5.74) is -0.0444. The Morgan fingerprint density at radius 3 is 1.53 bits per heavy atom. The Hall–Kier alpha value is -0.160. The molecule has 4 heteroatoms. The van der Waals surface area contributed by atoms with Crippen LogP contribution in [0.2, 0.25) is 0 Å². The third-order valence-corrected chi connectivity index (χ3v) is 7.12. The molecule has 1 rings (SSSR count). The molecule has 0 amide bonds. The van der Waals surface area contributed by atoms with Gasteiger partial charge >= 0.3 is 0 Å². The molecule has 0 saturated carbocycles. The van der Waals surface area contributed by atoms with Crippen molar-refractivity contribution < 1.29 is 10.2 Å². The molecule has 0 aromatic heterocycles. The fourth-order valence-electron chi connectivity index (χ4n) is 5.12. The van der Waals surface area contributed by atoms with Crippen LogP contribution in [0, 0.1) is 0 Å². The van der Waals surface area contributed by atoms with Crippen molar-refractivity contribution in [3.63, 3.8) is 0 Å². The first-order valence-electron chi connectivity index (χ1n) is 13.5. The van der Waals surface area contributed by atoms with Crippen LogP contribution < -0.4 is 5.32 Å². The van der Waals surface area contributed by atoms with Crippen molar-refractivity contribution in [2.45, 2.75) is 128 Å². The summed E-state index contributed by atoms with van der Waals surface area (Å²) in [4.78, 5) is 2.54. The van der Waals surface area contributed by atoms with E-state index >= 15 is 0 Å². The van der Waals surface area contributed by atoms with Gasteiger partial charge in [-0.15, -0.1) is 0 Å². The highest BCUT2D eigenvalue weighted by Crippen LogP contribution is 2.26. The predicted octanol–water partition coefficient (Wildman–Crippen LogP) is 5.66. The van der Waals surface area contributed by atoms with Gasteiger partial charge in [0.2, 0.25) is 0 Å². The van der Waals surface area contributed by atoms with Crippen LogP contribution >= 0.6 is 0 Å². The van der Waals surface area contributed by atoms with Crippen LogP contribution in [0.3, 0.4) is 0 Å². The maximum absolute atomic E-state index is 9.50. The third kappa shape index (κ3) is 12.6. The van der Waals surface area contributed by atoms with Crippen LogP contribution in [0.1, 0.15) is 122 Å². The molecule has 0 aliphatic carbocycles. The molecule has 1 fully saturated rings. The Morgan fingerprint density at radius 1 is 0.667 bits per heavy atom. The van der Waals surface area contributed by atoms with E-state index in [2.05, 4.69) is 17.1 Å². The lowest BCUT2D eigenvalue weighted by molar-refractivity contribution is 0.0165. The standard InChI is InChI=1S/C26H54N2O2/c1-2-3-4-5-6-7-8-9-10-11-12-13-14-15-16-17-21-28-22-20-27-25-26(28,18-23-29)19-24-30/h27,29-30H,2-25H2,1H3. The van der Waals surface area contributed by atoms with E-state index in [0.29, 0.717) is 0 Å². The first kappa shape index (κ1) is 27.9. The highest BCUT2D eigenvalue weighted by Gasteiger charge is 2.37. The number of aliphatic hydroxyl groups excluding tert-OH is 2. The Balaban J connectivity index is 1.94. The maximum Gasteiger partial charge on any atom is 0.0449 e. The number of hydrogen-bond donors (Lipinski definition) is 3. The van der Waals surface area contributed by atoms with Gasteiger partial charge in [0, 0.05) is 38.4 Å². The van der Waals surface area contributed by atoms with Crippen molar-refractivity contribution in [2.75, 3.05) is 39.4 Å². The highest BCUT2D eigenvalue weighted by molar-refractivity contribution is 4.95. The van der Waals surface area contributed by atoms with Crippen LogP contribution in [0.5, 0.6) is 0 Å². The molecular formula is C26H54N2O2. The van der Waals surface area contributed by atoms with E-state index in [1.807, 2.05) is 0 Å². The zero-order valence-electron chi connectivity index (χ0n) is 20.3. The Bertz CT molecular complexity index is 353. The average Bonchev–Trinajstić information content (AvgIpc) is 2.75. The quantitative estimate of drug-likeness (QED) is 0.207. The Labute approximate surface area is 188 Å². The minimum atomic E-state index is -0.0444. The zero-order valence-corrected chi connectivity index (χ0v) is 20.3. The van der Waals surface area contributed by atoms with Crippen LogP contribution in [0.25, 0.3) is 0 Å². The molecule has 0 aromatic rings. The number of unbranched alkanes of at least 4 members (excludes halogenated alkanes) is 15. The van der Waals surface area contributed by atoms with Gasteiger partial charge < -0.3 is 15.5 Å². The zero-order chi connectivity index (χ0) is 21.8. The lowest BCUT2D eigenvalue weighted by Crippen LogP contribution is -2.62. The van der Waals surface area contributed by atoms with E-state index in [4.69, 9.17) is 0 Å². The smallest absolute Gasteiger partial charge is 0.0449 e. The van der Waals surface area contributed by atoms with Gasteiger partial charge in [0.1, 0.15) is 0 Å². The van der Waals surface area contributed by atoms with Gasteiger partial charge in [-0.2, -0.15) is 0 Å². The van der Waals surface area contributed by atoms with E-state index in [9.17, 15) is 10.2 Å². The van der Waals surface area contributed by atoms with Crippen molar-refractivity contribution in [3.05, 3.63) is 0 Å². The molecule has 0 radical (unpaired) electrons. The molecular weight excluding hydrogens is 372 g/mol. The lowest BCUT2D eigenvalue weighted by atomic mass is 9.87. The second-order valence-electron chi connectivity index (χ2n) is 9.64. The summed E-state index contributed by atoms with van der Waals surface area (Å²) in [6.07, 6.45) is 24.0. The van der Waals surface area contributed by atoms with Crippen molar-refractivity contribution in [1.29, 1.82) is 0 Å². The van der Waals surface area contributed by atoms with Crippen LogP contribution in [-0.2, 0) is 0 Å². The van der Waals surface area contributed by atoms with Gasteiger partial charge in [-0.3, -0.25) is 4.90 Å². The summed E-state index contributed by atoms with van der Waals surface area (Å²) in [6, 6.07) is 0. The minimum Gasteiger partial charge on any atom is -0.396 e. The molecule has 1 aliphatic heterocycles. The summed E-state index contributed by atoms with van der Waals surface area (Å²) in [7, 11) is 0. The van der Waals surface area contributed by atoms with Crippen molar-refractivity contribution in [3.8, 4) is 0 Å². The number of aliphatic hydroxyl groups is 2. The first-order valence-corrected chi connectivity index (χ1v) is 13.5. The summed E-state index contributed by atoms with van der Waals surface area (Å²) in [6.45, 7) is 6.77. The molecule has 0 aromatic carbocycles. The average molecular weight is 427 g/mol. The Kier molecular flexibility index (Phi) is 18.1. The van der Waals surface area contributed by atoms with Crippen molar-refractivity contribution in [2.24, 2.45) is 0 Å². The predicted molar refractivity (Wildman–Crippen MR) is 130 cm³/mol. The molecule has 1 aliphatic rings. The van der Waals surface area contributed by atoms with E-state index in [1.54, 1.807) is 0 Å². The first-order chi connectivity index (χ1) is 14.8. The SMILES string of the molecule is CCCCCCCCCCCCCCCCCCN1CCNCC1(CCO)CCO. The number of hydrogen-bond acceptors (Lipinski definition) is 4. The summed E-state index contributed by atoms with van der Waals surface area (Å²) < 4.78 is 0. The summed E-state index contributed by atoms with van der Waals surface area (Å²) in [5.74, 6) is 0. The summed E-state index contributed by atoms with van der Waals surface area (Å²) >= 11 is 0. The maximum atomic E-state index is 9.50. The number of nitrogens with zero attached hydrogens (tertiary/aromatic N) is 1. The molecule has 4 nitrogen and oxygen atoms in total. The molecule has 30 heavy (non-hydrogen) atoms. The van der Waals surface area contributed by atoms with Crippen LogP contribution in [0.4, 0.5) is 0 Å². The minimum absolute atomic E-state index is 0.0444. The van der Waals surface area contributed by atoms with Crippen LogP contribution in [0.15, 0.2) is 0 Å². The summed E-state index contributed by atoms with van der Waals surface area (Å²) in [5, 5.41) is 22.5. The normalized spacial score (nSPS) is 16.9. The second kappa shape index (κ2) is 19.5. The molecule has 3 N–H and O–H groups in total. The number of piperazine rings is 1. The number of nitrogens with one attached hydrogen (secondary N) is 1. The molecule has 1 saturated heterocycles. The molecule has 0 bridgehead atoms. The van der Waals surface area contributed by atoms with Gasteiger partial charge in [0.15, 0.2) is 0 Å². The van der Waals surface area contributed by atoms with E-state index in [1.165, 1.54) is 103 Å². The van der Waals surface area contributed by atoms with E-state index < -0.39 is 0 Å². The fraction of sp³-hybridized carbons (Fsp3) is 1.00. The molecule has 180 valence electrons. The number of rotatable bonds is 21. The van der Waals surface area contributed by atoms with Crippen molar-refractivity contribution >= 4 is 0 Å². The van der Waals surface area contributed by atoms with Gasteiger partial charge in [-0.25, -0.2) is 0 Å². The fourth-order valence-corrected chi connectivity index (χ4v) is 5.12. The second-order valence-corrected chi connectivity index (χ2v) is 9.64. The van der Waals surface area contributed by atoms with Crippen molar-refractivity contribution in [1.82, 2.24) is 10.2 Å². The molecule has 0 unspecified atom stereocenters. The topological polar surface area (TPSA) is 55.7 Å². The Morgan fingerprint density at radius 2 is 1.10 bits per heavy atom. The largest absolute Gasteiger partial charge is 0.396 e. The molecule has 0 spiro atoms. The monoisotopic (exact) mass is 426 g/mol. The van der Waals surface area contributed by atoms with Gasteiger partial charge in [0.25, 0.3) is 0 Å². The van der Waals surface area contributed by atoms with E-state index in [0.717, 1.165) is 39.0 Å². The van der Waals surface area contributed by atoms with Crippen LogP contribution in [-0.4, -0.2) is 60.0 Å². The molecule has 0 atom stereocenters. The van der Waals surface area contributed by atoms with Gasteiger partial charge in [-0.05, 0) is 25.8 Å². The highest BCUT2D eigenvalue weighted by atomic mass is 16.3. The van der Waals surface area contributed by atoms with Gasteiger partial charge in [-0.1, -0.05) is 103 Å². The van der Waals surface area contributed by atoms with Gasteiger partial charge in [0.05, 0.1) is 0 Å². The third-order valence-electron chi connectivity index (χ3n) is 7.12. The molecule has 1 heterocycles.